The predicted octanol–water partition coefficient (Wildman–Crippen LogP) is 1.34. The summed E-state index contributed by atoms with van der Waals surface area (Å²) in [6.07, 6.45) is 1.36. The third kappa shape index (κ3) is 4.37. The van der Waals surface area contributed by atoms with Gasteiger partial charge in [-0.2, -0.15) is 5.26 Å². The van der Waals surface area contributed by atoms with Gasteiger partial charge >= 0.3 is 0 Å². The second-order valence-corrected chi connectivity index (χ2v) is 8.07. The number of aliphatic hydroxyl groups is 1. The molecule has 1 aliphatic heterocycles. The van der Waals surface area contributed by atoms with Crippen molar-refractivity contribution in [3.05, 3.63) is 41.9 Å². The van der Waals surface area contributed by atoms with Crippen LogP contribution in [0.1, 0.15) is 29.8 Å². The fourth-order valence-electron chi connectivity index (χ4n) is 3.05. The van der Waals surface area contributed by atoms with E-state index < -0.39 is 17.7 Å². The van der Waals surface area contributed by atoms with E-state index in [1.807, 2.05) is 6.07 Å². The summed E-state index contributed by atoms with van der Waals surface area (Å²) in [6.45, 7) is 3.29. The standard InChI is InChI=1S/C21H22FN7O3/c1-21(2,31)16(22)8-25-20(30)14-3-4-17(28-18(14)27-13-9-32-10-13)29-11-26-15-5-12(6-23)7-24-19(15)29/h3-5,7,11,13,16,31H,8-10H2,1-2H3,(H,25,30)(H,27,28)/t16-/m1/s1. The van der Waals surface area contributed by atoms with E-state index in [4.69, 9.17) is 10.00 Å². The van der Waals surface area contributed by atoms with Gasteiger partial charge in [0.2, 0.25) is 0 Å². The Morgan fingerprint density at radius 1 is 1.44 bits per heavy atom. The molecule has 0 aliphatic carbocycles. The van der Waals surface area contributed by atoms with Gasteiger partial charge in [0.05, 0.1) is 42.5 Å². The first kappa shape index (κ1) is 21.6. The van der Waals surface area contributed by atoms with Crippen LogP contribution in [0, 0.1) is 11.3 Å². The maximum atomic E-state index is 14.1. The van der Waals surface area contributed by atoms with Crippen molar-refractivity contribution in [2.24, 2.45) is 0 Å². The van der Waals surface area contributed by atoms with Crippen LogP contribution < -0.4 is 10.6 Å². The molecule has 11 heteroatoms. The van der Waals surface area contributed by atoms with Gasteiger partial charge in [-0.25, -0.2) is 19.3 Å². The normalized spacial score (nSPS) is 15.1. The molecular formula is C21H22FN7O3. The number of anilines is 1. The minimum absolute atomic E-state index is 0.00885. The summed E-state index contributed by atoms with van der Waals surface area (Å²) in [7, 11) is 0. The number of rotatable bonds is 7. The average Bonchev–Trinajstić information content (AvgIpc) is 3.16. The van der Waals surface area contributed by atoms with Crippen molar-refractivity contribution in [1.82, 2.24) is 24.8 Å². The Bertz CT molecular complexity index is 1190. The molecule has 1 aliphatic rings. The van der Waals surface area contributed by atoms with E-state index >= 15 is 0 Å². The molecule has 4 rings (SSSR count). The summed E-state index contributed by atoms with van der Waals surface area (Å²) >= 11 is 0. The molecule has 166 valence electrons. The molecule has 3 N–H and O–H groups in total. The lowest BCUT2D eigenvalue weighted by atomic mass is 10.0. The highest BCUT2D eigenvalue weighted by atomic mass is 19.1. The van der Waals surface area contributed by atoms with Crippen molar-refractivity contribution in [3.8, 4) is 11.9 Å². The number of fused-ring (bicyclic) bond motifs is 1. The van der Waals surface area contributed by atoms with Gasteiger partial charge in [-0.05, 0) is 32.0 Å². The van der Waals surface area contributed by atoms with Crippen molar-refractivity contribution in [3.63, 3.8) is 0 Å². The van der Waals surface area contributed by atoms with Crippen LogP contribution in [0.5, 0.6) is 0 Å². The lowest BCUT2D eigenvalue weighted by molar-refractivity contribution is -0.00178. The van der Waals surface area contributed by atoms with E-state index in [2.05, 4.69) is 25.6 Å². The number of amides is 1. The number of hydrogen-bond acceptors (Lipinski definition) is 8. The highest BCUT2D eigenvalue weighted by Crippen LogP contribution is 2.22. The molecule has 1 amide bonds. The Hall–Kier alpha value is -3.62. The SMILES string of the molecule is CC(C)(O)[C@H](F)CNC(=O)c1ccc(-n2cnc3cc(C#N)cnc32)nc1NC1COC1. The van der Waals surface area contributed by atoms with Crippen LogP contribution >= 0.6 is 0 Å². The monoisotopic (exact) mass is 439 g/mol. The number of nitrogens with zero attached hydrogens (tertiary/aromatic N) is 5. The van der Waals surface area contributed by atoms with E-state index in [-0.39, 0.29) is 18.2 Å². The van der Waals surface area contributed by atoms with Crippen molar-refractivity contribution < 1.29 is 19.0 Å². The number of carbonyl (C=O) groups is 1. The molecule has 3 aromatic heterocycles. The van der Waals surface area contributed by atoms with Crippen molar-refractivity contribution in [2.45, 2.75) is 31.7 Å². The van der Waals surface area contributed by atoms with Gasteiger partial charge in [-0.15, -0.1) is 0 Å². The summed E-state index contributed by atoms with van der Waals surface area (Å²) in [5.41, 5.74) is 0.105. The van der Waals surface area contributed by atoms with Crippen LogP contribution in [0.4, 0.5) is 10.2 Å². The first-order valence-corrected chi connectivity index (χ1v) is 10.00. The highest BCUT2D eigenvalue weighted by Gasteiger charge is 2.28. The molecule has 4 heterocycles. The molecule has 1 atom stereocenters. The van der Waals surface area contributed by atoms with Gasteiger partial charge in [0, 0.05) is 6.20 Å². The zero-order chi connectivity index (χ0) is 22.9. The van der Waals surface area contributed by atoms with Crippen LogP contribution in [0.25, 0.3) is 17.0 Å². The summed E-state index contributed by atoms with van der Waals surface area (Å²) in [4.78, 5) is 25.9. The fraction of sp³-hybridized carbons (Fsp3) is 0.381. The minimum atomic E-state index is -1.63. The first-order valence-electron chi connectivity index (χ1n) is 10.00. The van der Waals surface area contributed by atoms with Gasteiger partial charge in [0.15, 0.2) is 5.65 Å². The van der Waals surface area contributed by atoms with Gasteiger partial charge in [-0.1, -0.05) is 0 Å². The van der Waals surface area contributed by atoms with Crippen LogP contribution in [-0.2, 0) is 4.74 Å². The van der Waals surface area contributed by atoms with Crippen LogP contribution in [-0.4, -0.2) is 68.1 Å². The van der Waals surface area contributed by atoms with Gasteiger partial charge in [-0.3, -0.25) is 9.36 Å². The largest absolute Gasteiger partial charge is 0.387 e. The molecule has 10 nitrogen and oxygen atoms in total. The zero-order valence-electron chi connectivity index (χ0n) is 17.5. The number of pyridine rings is 2. The van der Waals surface area contributed by atoms with Gasteiger partial charge in [0.25, 0.3) is 5.91 Å². The first-order chi connectivity index (χ1) is 15.3. The molecule has 1 fully saturated rings. The van der Waals surface area contributed by atoms with E-state index in [1.165, 1.54) is 26.4 Å². The lowest BCUT2D eigenvalue weighted by Crippen LogP contribution is -2.43. The molecule has 0 radical (unpaired) electrons. The van der Waals surface area contributed by atoms with E-state index in [1.54, 1.807) is 22.8 Å². The summed E-state index contributed by atoms with van der Waals surface area (Å²) in [6, 6.07) is 6.84. The quantitative estimate of drug-likeness (QED) is 0.501. The highest BCUT2D eigenvalue weighted by molar-refractivity contribution is 5.99. The molecule has 0 aromatic carbocycles. The third-order valence-electron chi connectivity index (χ3n) is 5.08. The van der Waals surface area contributed by atoms with E-state index in [0.717, 1.165) is 0 Å². The molecule has 0 spiro atoms. The number of nitriles is 1. The minimum Gasteiger partial charge on any atom is -0.387 e. The number of alkyl halides is 1. The van der Waals surface area contributed by atoms with Crippen LogP contribution in [0.3, 0.4) is 0 Å². The number of halogens is 1. The number of hydrogen-bond donors (Lipinski definition) is 3. The maximum absolute atomic E-state index is 14.1. The lowest BCUT2D eigenvalue weighted by Gasteiger charge is -2.28. The van der Waals surface area contributed by atoms with Gasteiger partial charge in [0.1, 0.15) is 35.7 Å². The number of imidazole rings is 1. The molecular weight excluding hydrogens is 417 g/mol. The average molecular weight is 439 g/mol. The Labute approximate surface area is 183 Å². The number of carbonyl (C=O) groups excluding carboxylic acids is 1. The van der Waals surface area contributed by atoms with Crippen LogP contribution in [0.15, 0.2) is 30.7 Å². The van der Waals surface area contributed by atoms with E-state index in [9.17, 15) is 14.3 Å². The Kier molecular flexibility index (Phi) is 5.73. The van der Waals surface area contributed by atoms with Crippen molar-refractivity contribution >= 4 is 22.9 Å². The summed E-state index contributed by atoms with van der Waals surface area (Å²) < 4.78 is 20.9. The Morgan fingerprint density at radius 2 is 2.22 bits per heavy atom. The smallest absolute Gasteiger partial charge is 0.255 e. The number of aromatic nitrogens is 4. The maximum Gasteiger partial charge on any atom is 0.255 e. The molecule has 1 saturated heterocycles. The van der Waals surface area contributed by atoms with E-state index in [0.29, 0.717) is 41.6 Å². The van der Waals surface area contributed by atoms with Crippen LogP contribution in [0.2, 0.25) is 0 Å². The Balaban J connectivity index is 1.64. The molecule has 3 aromatic rings. The Morgan fingerprint density at radius 3 is 2.88 bits per heavy atom. The molecule has 0 saturated carbocycles. The summed E-state index contributed by atoms with van der Waals surface area (Å²) in [5.74, 6) is 0.247. The van der Waals surface area contributed by atoms with Crippen molar-refractivity contribution in [2.75, 3.05) is 25.1 Å². The van der Waals surface area contributed by atoms with Crippen molar-refractivity contribution in [1.29, 1.82) is 5.26 Å². The fourth-order valence-corrected chi connectivity index (χ4v) is 3.05. The molecule has 0 unspecified atom stereocenters. The van der Waals surface area contributed by atoms with Gasteiger partial charge < -0.3 is 20.5 Å². The molecule has 0 bridgehead atoms. The zero-order valence-corrected chi connectivity index (χ0v) is 17.5. The predicted molar refractivity (Wildman–Crippen MR) is 113 cm³/mol. The number of nitrogens with one attached hydrogen (secondary N) is 2. The summed E-state index contributed by atoms with van der Waals surface area (Å²) in [5, 5.41) is 24.5. The number of ether oxygens (including phenoxy) is 1. The third-order valence-corrected chi connectivity index (χ3v) is 5.08. The second kappa shape index (κ2) is 8.49. The second-order valence-electron chi connectivity index (χ2n) is 8.07. The topological polar surface area (TPSA) is 138 Å². The molecule has 32 heavy (non-hydrogen) atoms.